The molecule has 0 radical (unpaired) electrons. The fourth-order valence-electron chi connectivity index (χ4n) is 1.19. The molecule has 15 heavy (non-hydrogen) atoms. The van der Waals surface area contributed by atoms with Crippen molar-refractivity contribution in [2.45, 2.75) is 25.7 Å². The summed E-state index contributed by atoms with van der Waals surface area (Å²) < 4.78 is 17.4. The molecule has 0 heterocycles. The highest BCUT2D eigenvalue weighted by Crippen LogP contribution is 2.03. The molecule has 2 atom stereocenters. The molecule has 0 spiro atoms. The molecule has 84 valence electrons. The third-order valence-electron chi connectivity index (χ3n) is 2.15. The summed E-state index contributed by atoms with van der Waals surface area (Å²) in [5.74, 6) is 0. The van der Waals surface area contributed by atoms with E-state index in [0.29, 0.717) is 13.2 Å². The van der Waals surface area contributed by atoms with Crippen molar-refractivity contribution in [3.05, 3.63) is 35.9 Å². The van der Waals surface area contributed by atoms with Crippen molar-refractivity contribution in [3.8, 4) is 0 Å². The van der Waals surface area contributed by atoms with Gasteiger partial charge < -0.3 is 14.6 Å². The van der Waals surface area contributed by atoms with E-state index in [4.69, 9.17) is 10.8 Å². The van der Waals surface area contributed by atoms with Crippen LogP contribution in [0.4, 0.5) is 0 Å². The van der Waals surface area contributed by atoms with Crippen LogP contribution in [0.1, 0.15) is 13.9 Å². The molecule has 0 aromatic heterocycles. The summed E-state index contributed by atoms with van der Waals surface area (Å²) in [7, 11) is -0.162. The fraction of sp³-hybridized carbons (Fsp3) is 0.500. The maximum absolute atomic E-state index is 9.35. The number of rotatable bonds is 6. The molecule has 3 heteroatoms. The number of methoxy groups -OCH3 is 1. The van der Waals surface area contributed by atoms with E-state index in [1.807, 2.05) is 30.3 Å². The van der Waals surface area contributed by atoms with Gasteiger partial charge in [-0.25, -0.2) is 0 Å². The van der Waals surface area contributed by atoms with Gasteiger partial charge >= 0.3 is 0 Å². The number of hydrogen-bond acceptors (Lipinski definition) is 3. The van der Waals surface area contributed by atoms with Crippen LogP contribution in [0.3, 0.4) is 0 Å². The second kappa shape index (κ2) is 6.56. The molecule has 1 aromatic rings. The lowest BCUT2D eigenvalue weighted by molar-refractivity contribution is -0.0574. The van der Waals surface area contributed by atoms with Gasteiger partial charge in [0.1, 0.15) is 6.10 Å². The second-order valence-electron chi connectivity index (χ2n) is 3.45. The molecule has 0 aliphatic carbocycles. The number of hydrogen-bond donors (Lipinski definition) is 1. The topological polar surface area (TPSA) is 38.7 Å². The molecular weight excluding hydrogens is 192 g/mol. The van der Waals surface area contributed by atoms with Crippen LogP contribution in [0.2, 0.25) is 0 Å². The van der Waals surface area contributed by atoms with Gasteiger partial charge in [-0.05, 0) is 12.5 Å². The first kappa shape index (κ1) is 10.6. The van der Waals surface area contributed by atoms with Gasteiger partial charge in [0.2, 0.25) is 0 Å². The van der Waals surface area contributed by atoms with Crippen LogP contribution >= 0.6 is 0 Å². The van der Waals surface area contributed by atoms with Gasteiger partial charge in [0.25, 0.3) is 0 Å². The van der Waals surface area contributed by atoms with Crippen molar-refractivity contribution in [1.82, 2.24) is 0 Å². The molecule has 0 saturated heterocycles. The smallest absolute Gasteiger partial charge is 0.106 e. The Morgan fingerprint density at radius 1 is 1.40 bits per heavy atom. The Balaban J connectivity index is 2.28. The quantitative estimate of drug-likeness (QED) is 0.776. The van der Waals surface area contributed by atoms with E-state index in [1.54, 1.807) is 6.92 Å². The summed E-state index contributed by atoms with van der Waals surface area (Å²) in [6.07, 6.45) is -1.05. The largest absolute Gasteiger partial charge is 0.391 e. The van der Waals surface area contributed by atoms with Gasteiger partial charge in [-0.3, -0.25) is 0 Å². The Hall–Kier alpha value is -0.900. The van der Waals surface area contributed by atoms with Gasteiger partial charge in [-0.1, -0.05) is 30.3 Å². The molecule has 1 N–H and O–H groups in total. The molecule has 0 bridgehead atoms. The number of aliphatic hydroxyl groups excluding tert-OH is 1. The predicted octanol–water partition coefficient (Wildman–Crippen LogP) is 1.60. The lowest BCUT2D eigenvalue weighted by Gasteiger charge is -2.18. The molecule has 0 saturated carbocycles. The Morgan fingerprint density at radius 2 is 2.13 bits per heavy atom. The van der Waals surface area contributed by atoms with Crippen molar-refractivity contribution < 1.29 is 16.0 Å². The van der Waals surface area contributed by atoms with Crippen molar-refractivity contribution in [3.63, 3.8) is 0 Å². The first-order valence-corrected chi connectivity index (χ1v) is 4.94. The molecule has 0 amide bonds. The van der Waals surface area contributed by atoms with Crippen LogP contribution < -0.4 is 0 Å². The van der Waals surface area contributed by atoms with Crippen LogP contribution in [0.15, 0.2) is 30.3 Å². The zero-order valence-electron chi connectivity index (χ0n) is 9.93. The van der Waals surface area contributed by atoms with E-state index >= 15 is 0 Å². The van der Waals surface area contributed by atoms with E-state index in [1.165, 1.54) is 0 Å². The second-order valence-corrected chi connectivity index (χ2v) is 3.45. The number of ether oxygens (including phenoxy) is 2. The zero-order chi connectivity index (χ0) is 11.8. The van der Waals surface area contributed by atoms with E-state index in [0.717, 1.165) is 5.56 Å². The molecule has 0 aliphatic rings. The van der Waals surface area contributed by atoms with Crippen molar-refractivity contribution >= 4 is 0 Å². The minimum atomic E-state index is -0.624. The summed E-state index contributed by atoms with van der Waals surface area (Å²) in [5.41, 5.74) is 1.08. The third-order valence-corrected chi connectivity index (χ3v) is 2.15. The minimum absolute atomic E-state index is 0.162. The summed E-state index contributed by atoms with van der Waals surface area (Å²) in [5, 5.41) is 9.35. The number of aliphatic hydroxyl groups is 1. The third kappa shape index (κ3) is 4.42. The first-order valence-electron chi connectivity index (χ1n) is 5.65. The van der Waals surface area contributed by atoms with Crippen LogP contribution in [0, 0.1) is 0 Å². The van der Waals surface area contributed by atoms with E-state index in [-0.39, 0.29) is 7.09 Å². The molecule has 0 unspecified atom stereocenters. The van der Waals surface area contributed by atoms with Gasteiger partial charge in [-0.15, -0.1) is 0 Å². The summed E-state index contributed by atoms with van der Waals surface area (Å²) in [6, 6.07) is 9.80. The Morgan fingerprint density at radius 3 is 2.73 bits per heavy atom. The molecule has 1 aromatic carbocycles. The van der Waals surface area contributed by atoms with E-state index < -0.39 is 12.2 Å². The van der Waals surface area contributed by atoms with Gasteiger partial charge in [0.15, 0.2) is 0 Å². The molecule has 3 nitrogen and oxygen atoms in total. The standard InChI is InChI=1S/C12H18O3/c1-10(13)12(14-2)9-15-8-11-6-4-3-5-7-11/h3-7,10,12-13H,8-9H2,1-2H3/t10-,12+/m1/s1/i2D. The lowest BCUT2D eigenvalue weighted by atomic mass is 10.2. The van der Waals surface area contributed by atoms with E-state index in [9.17, 15) is 5.11 Å². The molecule has 0 fully saturated rings. The SMILES string of the molecule is [2H]CO[C@@H](COCc1ccccc1)[C@@H](C)O. The highest BCUT2D eigenvalue weighted by atomic mass is 16.5. The first-order chi connectivity index (χ1) is 7.74. The zero-order valence-corrected chi connectivity index (χ0v) is 8.93. The highest BCUT2D eigenvalue weighted by molar-refractivity contribution is 5.13. The average molecular weight is 211 g/mol. The van der Waals surface area contributed by atoms with Crippen molar-refractivity contribution in [2.24, 2.45) is 0 Å². The fourth-order valence-corrected chi connectivity index (χ4v) is 1.19. The summed E-state index contributed by atoms with van der Waals surface area (Å²) in [4.78, 5) is 0. The van der Waals surface area contributed by atoms with Crippen molar-refractivity contribution in [1.29, 1.82) is 0 Å². The van der Waals surface area contributed by atoms with Gasteiger partial charge in [-0.2, -0.15) is 0 Å². The highest BCUT2D eigenvalue weighted by Gasteiger charge is 2.13. The predicted molar refractivity (Wildman–Crippen MR) is 58.6 cm³/mol. The normalized spacial score (nSPS) is 15.7. The maximum Gasteiger partial charge on any atom is 0.106 e. The molecule has 0 aliphatic heterocycles. The molecule has 1 rings (SSSR count). The summed E-state index contributed by atoms with van der Waals surface area (Å²) in [6.45, 7) is 2.42. The Kier molecular flexibility index (Phi) is 4.64. The maximum atomic E-state index is 9.35. The van der Waals surface area contributed by atoms with Crippen LogP contribution in [-0.4, -0.2) is 31.0 Å². The van der Waals surface area contributed by atoms with Crippen LogP contribution in [0.5, 0.6) is 0 Å². The van der Waals surface area contributed by atoms with Crippen LogP contribution in [-0.2, 0) is 16.1 Å². The Labute approximate surface area is 92.0 Å². The van der Waals surface area contributed by atoms with Gasteiger partial charge in [0.05, 0.1) is 20.7 Å². The lowest BCUT2D eigenvalue weighted by Crippen LogP contribution is -2.30. The van der Waals surface area contributed by atoms with Gasteiger partial charge in [0, 0.05) is 7.09 Å². The average Bonchev–Trinajstić information content (AvgIpc) is 2.29. The number of benzene rings is 1. The van der Waals surface area contributed by atoms with Crippen LogP contribution in [0.25, 0.3) is 0 Å². The summed E-state index contributed by atoms with van der Waals surface area (Å²) >= 11 is 0. The minimum Gasteiger partial charge on any atom is -0.391 e. The monoisotopic (exact) mass is 211 g/mol. The Bertz CT molecular complexity index is 277. The van der Waals surface area contributed by atoms with Crippen molar-refractivity contribution in [2.75, 3.05) is 13.7 Å². The van der Waals surface area contributed by atoms with E-state index in [2.05, 4.69) is 0 Å². The molecular formula is C12H18O3.